The van der Waals surface area contributed by atoms with Gasteiger partial charge in [-0.15, -0.1) is 0 Å². The Hall–Kier alpha value is -1.87. The fourth-order valence-corrected chi connectivity index (χ4v) is 3.11. The van der Waals surface area contributed by atoms with Crippen LogP contribution in [0.15, 0.2) is 0 Å². The Balaban J connectivity index is 2.56. The minimum absolute atomic E-state index is 0.272. The Labute approximate surface area is 167 Å². The largest absolute Gasteiger partial charge is 0.480 e. The Morgan fingerprint density at radius 3 is 2.57 bits per heavy atom. The molecule has 0 aromatic carbocycles. The van der Waals surface area contributed by atoms with E-state index in [0.29, 0.717) is 52.0 Å². The van der Waals surface area contributed by atoms with Crippen molar-refractivity contribution in [1.82, 2.24) is 16.0 Å². The van der Waals surface area contributed by atoms with Crippen LogP contribution >= 0.6 is 0 Å². The van der Waals surface area contributed by atoms with Gasteiger partial charge < -0.3 is 31.5 Å². The SMILES string of the molecule is NCCCCC(NC(=O)N[C@@H]1CCCCCCCCOCCNC1=O)C(=O)O. The molecule has 0 radical (unpaired) electrons. The van der Waals surface area contributed by atoms with E-state index in [1.54, 1.807) is 0 Å². The molecule has 3 amide bonds. The zero-order valence-corrected chi connectivity index (χ0v) is 16.7. The number of hydrogen-bond acceptors (Lipinski definition) is 5. The van der Waals surface area contributed by atoms with Gasteiger partial charge in [-0.3, -0.25) is 4.79 Å². The van der Waals surface area contributed by atoms with Crippen molar-refractivity contribution in [3.05, 3.63) is 0 Å². The van der Waals surface area contributed by atoms with Crippen LogP contribution in [0.4, 0.5) is 4.79 Å². The molecule has 1 fully saturated rings. The average Bonchev–Trinajstić information content (AvgIpc) is 2.66. The molecule has 9 nitrogen and oxygen atoms in total. The van der Waals surface area contributed by atoms with E-state index in [1.165, 1.54) is 0 Å². The lowest BCUT2D eigenvalue weighted by Crippen LogP contribution is -2.53. The predicted octanol–water partition coefficient (Wildman–Crippen LogP) is 1.11. The molecular weight excluding hydrogens is 364 g/mol. The third-order valence-electron chi connectivity index (χ3n) is 4.75. The first-order valence-corrected chi connectivity index (χ1v) is 10.4. The number of rotatable bonds is 7. The van der Waals surface area contributed by atoms with Gasteiger partial charge in [0.2, 0.25) is 5.91 Å². The normalized spacial score (nSPS) is 21.0. The van der Waals surface area contributed by atoms with Gasteiger partial charge in [-0.2, -0.15) is 0 Å². The van der Waals surface area contributed by atoms with Crippen LogP contribution in [0.5, 0.6) is 0 Å². The maximum absolute atomic E-state index is 12.4. The van der Waals surface area contributed by atoms with Crippen molar-refractivity contribution in [3.8, 4) is 0 Å². The molecule has 0 spiro atoms. The van der Waals surface area contributed by atoms with E-state index in [-0.39, 0.29) is 5.91 Å². The molecule has 162 valence electrons. The van der Waals surface area contributed by atoms with Crippen molar-refractivity contribution in [2.45, 2.75) is 76.3 Å². The third-order valence-corrected chi connectivity index (χ3v) is 4.75. The maximum Gasteiger partial charge on any atom is 0.326 e. The average molecular weight is 401 g/mol. The number of aliphatic carboxylic acids is 1. The summed E-state index contributed by atoms with van der Waals surface area (Å²) in [6.45, 7) is 1.99. The molecule has 6 N–H and O–H groups in total. The number of unbranched alkanes of at least 4 members (excludes halogenated alkanes) is 1. The molecule has 1 unspecified atom stereocenters. The van der Waals surface area contributed by atoms with Crippen LogP contribution in [-0.2, 0) is 14.3 Å². The van der Waals surface area contributed by atoms with E-state index in [4.69, 9.17) is 10.5 Å². The minimum Gasteiger partial charge on any atom is -0.480 e. The molecule has 0 saturated carbocycles. The molecule has 1 rings (SSSR count). The Morgan fingerprint density at radius 1 is 1.14 bits per heavy atom. The summed E-state index contributed by atoms with van der Waals surface area (Å²) in [7, 11) is 0. The van der Waals surface area contributed by atoms with Crippen LogP contribution in [0, 0.1) is 0 Å². The molecular formula is C19H36N4O5. The highest BCUT2D eigenvalue weighted by molar-refractivity contribution is 5.88. The summed E-state index contributed by atoms with van der Waals surface area (Å²) >= 11 is 0. The lowest BCUT2D eigenvalue weighted by atomic mass is 10.0. The van der Waals surface area contributed by atoms with Gasteiger partial charge >= 0.3 is 12.0 Å². The van der Waals surface area contributed by atoms with Crippen molar-refractivity contribution >= 4 is 17.9 Å². The van der Waals surface area contributed by atoms with Crippen molar-refractivity contribution in [1.29, 1.82) is 0 Å². The van der Waals surface area contributed by atoms with Crippen LogP contribution in [0.25, 0.3) is 0 Å². The highest BCUT2D eigenvalue weighted by Crippen LogP contribution is 2.10. The molecule has 0 aromatic rings. The van der Waals surface area contributed by atoms with E-state index in [9.17, 15) is 19.5 Å². The van der Waals surface area contributed by atoms with Gasteiger partial charge in [0.25, 0.3) is 0 Å². The number of ether oxygens (including phenoxy) is 1. The second kappa shape index (κ2) is 15.1. The number of carbonyl (C=O) groups is 3. The van der Waals surface area contributed by atoms with Crippen molar-refractivity contribution in [3.63, 3.8) is 0 Å². The van der Waals surface area contributed by atoms with Crippen molar-refractivity contribution in [2.24, 2.45) is 5.73 Å². The fourth-order valence-electron chi connectivity index (χ4n) is 3.11. The zero-order chi connectivity index (χ0) is 20.6. The monoisotopic (exact) mass is 400 g/mol. The molecule has 1 aliphatic heterocycles. The van der Waals surface area contributed by atoms with E-state index in [1.807, 2.05) is 0 Å². The second-order valence-electron chi connectivity index (χ2n) is 7.16. The molecule has 0 aromatic heterocycles. The van der Waals surface area contributed by atoms with E-state index < -0.39 is 24.1 Å². The Morgan fingerprint density at radius 2 is 1.86 bits per heavy atom. The van der Waals surface area contributed by atoms with Crippen molar-refractivity contribution in [2.75, 3.05) is 26.3 Å². The second-order valence-corrected chi connectivity index (χ2v) is 7.16. The number of carbonyl (C=O) groups excluding carboxylic acids is 2. The summed E-state index contributed by atoms with van der Waals surface area (Å²) in [5.41, 5.74) is 5.42. The highest BCUT2D eigenvalue weighted by Gasteiger charge is 2.24. The molecule has 28 heavy (non-hydrogen) atoms. The topological polar surface area (TPSA) is 143 Å². The summed E-state index contributed by atoms with van der Waals surface area (Å²) < 4.78 is 5.48. The third kappa shape index (κ3) is 11.1. The van der Waals surface area contributed by atoms with E-state index in [2.05, 4.69) is 16.0 Å². The van der Waals surface area contributed by atoms with Gasteiger partial charge in [0.15, 0.2) is 0 Å². The number of hydrogen-bond donors (Lipinski definition) is 5. The zero-order valence-electron chi connectivity index (χ0n) is 16.7. The van der Waals surface area contributed by atoms with Crippen LogP contribution in [0.3, 0.4) is 0 Å². The Bertz CT molecular complexity index is 475. The molecule has 9 heteroatoms. The van der Waals surface area contributed by atoms with Gasteiger partial charge in [-0.25, -0.2) is 9.59 Å². The number of amides is 3. The summed E-state index contributed by atoms with van der Waals surface area (Å²) in [5, 5.41) is 17.1. The number of urea groups is 1. The van der Waals surface area contributed by atoms with Gasteiger partial charge in [-0.05, 0) is 38.6 Å². The lowest BCUT2D eigenvalue weighted by molar-refractivity contribution is -0.139. The quantitative estimate of drug-likeness (QED) is 0.405. The molecule has 2 atom stereocenters. The molecule has 1 aliphatic rings. The first-order valence-electron chi connectivity index (χ1n) is 10.4. The predicted molar refractivity (Wildman–Crippen MR) is 106 cm³/mol. The lowest BCUT2D eigenvalue weighted by Gasteiger charge is -2.21. The highest BCUT2D eigenvalue weighted by atomic mass is 16.5. The molecule has 0 bridgehead atoms. The standard InChI is InChI=1S/C19H36N4O5/c20-11-7-6-10-16(18(25)26)23-19(27)22-15-9-5-3-1-2-4-8-13-28-14-12-21-17(15)24/h15-16H,1-14,20H2,(H,21,24)(H,25,26)(H2,22,23,27)/t15-,16?/m1/s1. The smallest absolute Gasteiger partial charge is 0.326 e. The van der Waals surface area contributed by atoms with E-state index in [0.717, 1.165) is 38.5 Å². The summed E-state index contributed by atoms with van der Waals surface area (Å²) in [6, 6.07) is -2.33. The van der Waals surface area contributed by atoms with Crippen LogP contribution in [0.2, 0.25) is 0 Å². The van der Waals surface area contributed by atoms with Crippen molar-refractivity contribution < 1.29 is 24.2 Å². The Kier molecular flexibility index (Phi) is 13.0. The number of nitrogens with two attached hydrogens (primary N) is 1. The van der Waals surface area contributed by atoms with Gasteiger partial charge in [-0.1, -0.05) is 32.1 Å². The number of carboxylic acid groups (broad SMARTS) is 1. The first-order chi connectivity index (χ1) is 13.5. The molecule has 1 saturated heterocycles. The van der Waals surface area contributed by atoms with Gasteiger partial charge in [0.05, 0.1) is 6.61 Å². The first kappa shape index (κ1) is 24.2. The number of nitrogens with one attached hydrogen (secondary N) is 3. The molecule has 0 aliphatic carbocycles. The fraction of sp³-hybridized carbons (Fsp3) is 0.842. The van der Waals surface area contributed by atoms with Gasteiger partial charge in [0.1, 0.15) is 12.1 Å². The molecule has 1 heterocycles. The van der Waals surface area contributed by atoms with E-state index >= 15 is 0 Å². The summed E-state index contributed by atoms with van der Waals surface area (Å²) in [5.74, 6) is -1.37. The number of carboxylic acids is 1. The van der Waals surface area contributed by atoms with Gasteiger partial charge in [0, 0.05) is 13.2 Å². The maximum atomic E-state index is 12.4. The minimum atomic E-state index is -1.10. The van der Waals surface area contributed by atoms with Crippen LogP contribution < -0.4 is 21.7 Å². The summed E-state index contributed by atoms with van der Waals surface area (Å²) in [6.07, 6.45) is 8.33. The summed E-state index contributed by atoms with van der Waals surface area (Å²) in [4.78, 5) is 36.0. The van der Waals surface area contributed by atoms with Crippen LogP contribution in [-0.4, -0.2) is 61.4 Å². The van der Waals surface area contributed by atoms with Crippen LogP contribution in [0.1, 0.15) is 64.2 Å².